The van der Waals surface area contributed by atoms with E-state index < -0.39 is 11.6 Å². The van der Waals surface area contributed by atoms with Crippen molar-refractivity contribution in [3.8, 4) is 11.5 Å². The molecule has 2 aromatic carbocycles. The van der Waals surface area contributed by atoms with Crippen LogP contribution in [-0.2, 0) is 0 Å². The number of halogens is 5. The molecule has 0 aliphatic heterocycles. The van der Waals surface area contributed by atoms with Crippen LogP contribution in [0.15, 0.2) is 34.8 Å². The average Bonchev–Trinajstić information content (AvgIpc) is 2.49. The zero-order valence-corrected chi connectivity index (χ0v) is 14.2. The maximum absolute atomic E-state index is 12.9. The van der Waals surface area contributed by atoms with Crippen molar-refractivity contribution in [2.24, 2.45) is 0 Å². The van der Waals surface area contributed by atoms with E-state index in [2.05, 4.69) is 15.9 Å². The lowest BCUT2D eigenvalue weighted by atomic mass is 10.3. The van der Waals surface area contributed by atoms with Gasteiger partial charge in [-0.1, -0.05) is 29.3 Å². The Morgan fingerprint density at radius 3 is 2.00 bits per heavy atom. The second kappa shape index (κ2) is 8.41. The van der Waals surface area contributed by atoms with Crippen molar-refractivity contribution < 1.29 is 18.3 Å². The zero-order chi connectivity index (χ0) is 16.0. The van der Waals surface area contributed by atoms with Crippen molar-refractivity contribution in [2.75, 3.05) is 14.2 Å². The number of rotatable bonds is 2. The Balaban J connectivity index is 0.000000211. The summed E-state index contributed by atoms with van der Waals surface area (Å²) in [7, 11) is 2.88. The second-order valence-corrected chi connectivity index (χ2v) is 5.24. The number of ether oxygens (including phenoxy) is 2. The van der Waals surface area contributed by atoms with E-state index in [0.717, 1.165) is 0 Å². The van der Waals surface area contributed by atoms with Gasteiger partial charge in [-0.15, -0.1) is 0 Å². The molecule has 114 valence electrons. The van der Waals surface area contributed by atoms with Gasteiger partial charge in [-0.25, -0.2) is 8.78 Å². The summed E-state index contributed by atoms with van der Waals surface area (Å²) in [6.07, 6.45) is 0. The third-order valence-electron chi connectivity index (χ3n) is 2.36. The summed E-state index contributed by atoms with van der Waals surface area (Å²) in [6.45, 7) is 0. The van der Waals surface area contributed by atoms with E-state index in [1.807, 2.05) is 0 Å². The minimum absolute atomic E-state index is 0.00174. The van der Waals surface area contributed by atoms with Gasteiger partial charge in [0.1, 0.15) is 27.4 Å². The molecule has 0 N–H and O–H groups in total. The molecule has 0 bridgehead atoms. The summed E-state index contributed by atoms with van der Waals surface area (Å²) in [5.74, 6) is -0.249. The fourth-order valence-electron chi connectivity index (χ4n) is 1.31. The first-order valence-corrected chi connectivity index (χ1v) is 7.12. The molecule has 21 heavy (non-hydrogen) atoms. The van der Waals surface area contributed by atoms with Crippen molar-refractivity contribution in [3.05, 3.63) is 56.5 Å². The molecular weight excluding hydrogens is 389 g/mol. The molecule has 0 saturated carbocycles. The smallest absolute Gasteiger partial charge is 0.159 e. The lowest BCUT2D eigenvalue weighted by Crippen LogP contribution is -1.87. The molecule has 0 saturated heterocycles. The standard InChI is InChI=1S/C7H5BrClFO.C7H6ClFO/c1-11-5-3-2-4(8)7(10)6(5)9;1-10-6-4-2-3-5(9)7(6)8/h2-3H,1H3;2-4H,1H3. The molecule has 0 fully saturated rings. The fourth-order valence-corrected chi connectivity index (χ4v) is 2.20. The SMILES string of the molecule is COc1ccc(Br)c(F)c1Cl.COc1cccc(F)c1Cl. The number of benzene rings is 2. The molecule has 2 nitrogen and oxygen atoms in total. The molecule has 0 atom stereocenters. The number of hydrogen-bond donors (Lipinski definition) is 0. The van der Waals surface area contributed by atoms with Gasteiger partial charge in [0.25, 0.3) is 0 Å². The van der Waals surface area contributed by atoms with Gasteiger partial charge in [0.2, 0.25) is 0 Å². The minimum Gasteiger partial charge on any atom is -0.495 e. The largest absolute Gasteiger partial charge is 0.495 e. The average molecular weight is 400 g/mol. The van der Waals surface area contributed by atoms with Crippen LogP contribution in [0.2, 0.25) is 10.0 Å². The monoisotopic (exact) mass is 398 g/mol. The van der Waals surface area contributed by atoms with Crippen LogP contribution in [0.1, 0.15) is 0 Å². The van der Waals surface area contributed by atoms with E-state index in [9.17, 15) is 8.78 Å². The van der Waals surface area contributed by atoms with E-state index in [4.69, 9.17) is 32.7 Å². The number of hydrogen-bond acceptors (Lipinski definition) is 2. The molecule has 0 aliphatic carbocycles. The van der Waals surface area contributed by atoms with Gasteiger partial charge in [0, 0.05) is 0 Å². The van der Waals surface area contributed by atoms with Crippen LogP contribution in [-0.4, -0.2) is 14.2 Å². The predicted octanol–water partition coefficient (Wildman–Crippen LogP) is 5.74. The van der Waals surface area contributed by atoms with Crippen LogP contribution in [0.4, 0.5) is 8.78 Å². The van der Waals surface area contributed by atoms with E-state index in [1.165, 1.54) is 20.3 Å². The maximum Gasteiger partial charge on any atom is 0.159 e. The normalized spacial score (nSPS) is 9.67. The number of methoxy groups -OCH3 is 2. The van der Waals surface area contributed by atoms with E-state index >= 15 is 0 Å². The van der Waals surface area contributed by atoms with Crippen LogP contribution in [0, 0.1) is 11.6 Å². The summed E-state index contributed by atoms with van der Waals surface area (Å²) in [6, 6.07) is 7.56. The van der Waals surface area contributed by atoms with Gasteiger partial charge >= 0.3 is 0 Å². The summed E-state index contributed by atoms with van der Waals surface area (Å²) >= 11 is 14.1. The quantitative estimate of drug-likeness (QED) is 0.599. The van der Waals surface area contributed by atoms with E-state index in [1.54, 1.807) is 24.3 Å². The Bertz CT molecular complexity index is 624. The minimum atomic E-state index is -0.494. The second-order valence-electron chi connectivity index (χ2n) is 3.63. The van der Waals surface area contributed by atoms with Gasteiger partial charge in [0.05, 0.1) is 18.7 Å². The summed E-state index contributed by atoms with van der Waals surface area (Å²) in [5.41, 5.74) is 0. The third-order valence-corrected chi connectivity index (χ3v) is 3.69. The molecule has 0 aromatic heterocycles. The van der Waals surface area contributed by atoms with Crippen LogP contribution in [0.3, 0.4) is 0 Å². The van der Waals surface area contributed by atoms with Crippen LogP contribution in [0.25, 0.3) is 0 Å². The Labute approximate surface area is 139 Å². The van der Waals surface area contributed by atoms with Gasteiger partial charge in [-0.3, -0.25) is 0 Å². The highest BCUT2D eigenvalue weighted by molar-refractivity contribution is 9.10. The molecule has 2 rings (SSSR count). The maximum atomic E-state index is 12.9. The lowest BCUT2D eigenvalue weighted by molar-refractivity contribution is 0.411. The van der Waals surface area contributed by atoms with Gasteiger partial charge < -0.3 is 9.47 Å². The highest BCUT2D eigenvalue weighted by Gasteiger charge is 2.09. The third kappa shape index (κ3) is 4.73. The van der Waals surface area contributed by atoms with Crippen LogP contribution in [0.5, 0.6) is 11.5 Å². The van der Waals surface area contributed by atoms with Crippen molar-refractivity contribution in [2.45, 2.75) is 0 Å². The van der Waals surface area contributed by atoms with E-state index in [0.29, 0.717) is 16.0 Å². The Morgan fingerprint density at radius 1 is 0.905 bits per heavy atom. The van der Waals surface area contributed by atoms with Crippen LogP contribution >= 0.6 is 39.1 Å². The van der Waals surface area contributed by atoms with Crippen molar-refractivity contribution in [3.63, 3.8) is 0 Å². The topological polar surface area (TPSA) is 18.5 Å². The molecule has 0 aliphatic rings. The van der Waals surface area contributed by atoms with Crippen molar-refractivity contribution in [1.29, 1.82) is 0 Å². The molecule has 0 spiro atoms. The first kappa shape index (κ1) is 18.0. The molecule has 0 heterocycles. The van der Waals surface area contributed by atoms with E-state index in [-0.39, 0.29) is 10.0 Å². The zero-order valence-electron chi connectivity index (χ0n) is 11.1. The summed E-state index contributed by atoms with van der Waals surface area (Å²) < 4.78 is 35.4. The first-order chi connectivity index (χ1) is 9.92. The molecular formula is C14H11BrCl2F2O2. The Morgan fingerprint density at radius 2 is 1.48 bits per heavy atom. The van der Waals surface area contributed by atoms with Crippen molar-refractivity contribution >= 4 is 39.1 Å². The van der Waals surface area contributed by atoms with Crippen molar-refractivity contribution in [1.82, 2.24) is 0 Å². The molecule has 0 unspecified atom stereocenters. The fraction of sp³-hybridized carbons (Fsp3) is 0.143. The molecule has 0 amide bonds. The van der Waals surface area contributed by atoms with Gasteiger partial charge in [-0.2, -0.15) is 0 Å². The highest BCUT2D eigenvalue weighted by Crippen LogP contribution is 2.31. The molecule has 0 radical (unpaired) electrons. The highest BCUT2D eigenvalue weighted by atomic mass is 79.9. The van der Waals surface area contributed by atoms with Gasteiger partial charge in [0.15, 0.2) is 5.82 Å². The lowest BCUT2D eigenvalue weighted by Gasteiger charge is -2.03. The molecule has 7 heteroatoms. The summed E-state index contributed by atoms with van der Waals surface area (Å²) in [5, 5.41) is 0.0341. The van der Waals surface area contributed by atoms with Gasteiger partial charge in [-0.05, 0) is 40.2 Å². The Kier molecular flexibility index (Phi) is 7.22. The molecule has 2 aromatic rings. The van der Waals surface area contributed by atoms with Crippen LogP contribution < -0.4 is 9.47 Å². The first-order valence-electron chi connectivity index (χ1n) is 5.57. The predicted molar refractivity (Wildman–Crippen MR) is 83.6 cm³/mol. The Hall–Kier alpha value is -1.04. The summed E-state index contributed by atoms with van der Waals surface area (Å²) in [4.78, 5) is 0.